The third-order valence-electron chi connectivity index (χ3n) is 16.1. The van der Waals surface area contributed by atoms with E-state index in [1.165, 1.54) is 19.6 Å². The number of fused-ring (bicyclic) bond motifs is 8. The Balaban J connectivity index is 0.825. The molecular formula is C78H58O8S4. The summed E-state index contributed by atoms with van der Waals surface area (Å²) in [6, 6.07) is 84.2. The molecule has 0 aliphatic carbocycles. The van der Waals surface area contributed by atoms with E-state index in [2.05, 4.69) is 182 Å². The van der Waals surface area contributed by atoms with Crippen molar-refractivity contribution >= 4 is 90.1 Å². The van der Waals surface area contributed by atoms with Crippen LogP contribution in [-0.4, -0.2) is 63.1 Å². The van der Waals surface area contributed by atoms with Crippen molar-refractivity contribution in [3.63, 3.8) is 0 Å². The maximum atomic E-state index is 9.96. The van der Waals surface area contributed by atoms with E-state index in [4.69, 9.17) is 28.4 Å². The molecule has 0 spiro atoms. The molecule has 2 aliphatic heterocycles. The maximum Gasteiger partial charge on any atom is 0.128 e. The van der Waals surface area contributed by atoms with E-state index in [1.54, 1.807) is 47.0 Å². The summed E-state index contributed by atoms with van der Waals surface area (Å²) in [7, 11) is 0. The SMILES string of the molecule is OCCOc1ccc2ccccc2c1-c1c(OCCOc2cc(-c3cccc4c3Sc3ccccc3S4)c(OCCOc3ccc4ccccc4c3-c3c(OCCO)ccc4ccccc34)cc2-c2cccc3c2Sc2ccccc2S3)ccc2ccccc12. The largest absolute Gasteiger partial charge is 0.491 e. The van der Waals surface area contributed by atoms with Crippen LogP contribution < -0.4 is 28.4 Å². The minimum atomic E-state index is -0.117. The first-order valence-corrected chi connectivity index (χ1v) is 33.2. The Kier molecular flexibility index (Phi) is 16.5. The molecule has 0 fully saturated rings. The van der Waals surface area contributed by atoms with Gasteiger partial charge >= 0.3 is 0 Å². The lowest BCUT2D eigenvalue weighted by Gasteiger charge is -2.25. The molecule has 2 heterocycles. The summed E-state index contributed by atoms with van der Waals surface area (Å²) in [5.41, 5.74) is 7.43. The highest BCUT2D eigenvalue weighted by molar-refractivity contribution is 8.05. The van der Waals surface area contributed by atoms with E-state index in [0.717, 1.165) is 107 Å². The van der Waals surface area contributed by atoms with Gasteiger partial charge in [-0.05, 0) is 116 Å². The molecule has 0 bridgehead atoms. The summed E-state index contributed by atoms with van der Waals surface area (Å²) in [6.07, 6.45) is 0. The number of rotatable bonds is 20. The quantitative estimate of drug-likeness (QED) is 0.0712. The van der Waals surface area contributed by atoms with Crippen molar-refractivity contribution in [1.29, 1.82) is 0 Å². The van der Waals surface area contributed by atoms with Crippen LogP contribution in [0.25, 0.3) is 87.6 Å². The molecule has 0 saturated carbocycles. The topological polar surface area (TPSA) is 95.8 Å². The minimum absolute atomic E-state index is 0.117. The maximum absolute atomic E-state index is 9.96. The minimum Gasteiger partial charge on any atom is -0.491 e. The first kappa shape index (κ1) is 57.5. The Hall–Kier alpha value is -8.98. The van der Waals surface area contributed by atoms with Gasteiger partial charge in [-0.1, -0.05) is 217 Å². The van der Waals surface area contributed by atoms with Crippen molar-refractivity contribution < 1.29 is 38.6 Å². The van der Waals surface area contributed by atoms with Crippen molar-refractivity contribution in [2.45, 2.75) is 39.2 Å². The molecule has 0 radical (unpaired) electrons. The standard InChI is InChI=1S/C78H58O8S4/c79-39-41-81-61-35-31-49-15-1-5-19-53(49)73(61)75-55-21-7-3-17-51(55)33-37-63(75)83-43-45-85-65-47-60(58-24-14-30-72-78(58)90-70-28-12-10-26-68(70)88-72)66(48-59(65)57-23-13-29-71-77(57)89-69-27-11-9-25-67(69)87-71)86-46-44-84-64-38-34-52-18-4-8-22-56(52)76(64)74-54-20-6-2-16-50(54)32-36-62(74)82-42-40-80/h1-38,47-48,79-80H,39-46H2. The number of aliphatic hydroxyl groups excluding tert-OH is 2. The molecule has 0 aromatic heterocycles. The number of ether oxygens (including phenoxy) is 6. The summed E-state index contributed by atoms with van der Waals surface area (Å²) >= 11 is 7.11. The molecule has 15 rings (SSSR count). The van der Waals surface area contributed by atoms with Gasteiger partial charge in [-0.15, -0.1) is 0 Å². The number of hydrogen-bond acceptors (Lipinski definition) is 12. The highest BCUT2D eigenvalue weighted by Gasteiger charge is 2.28. The van der Waals surface area contributed by atoms with Crippen molar-refractivity contribution in [1.82, 2.24) is 0 Å². The van der Waals surface area contributed by atoms with Gasteiger partial charge in [-0.3, -0.25) is 0 Å². The van der Waals surface area contributed by atoms with Gasteiger partial charge in [0.2, 0.25) is 0 Å². The van der Waals surface area contributed by atoms with Gasteiger partial charge in [-0.25, -0.2) is 0 Å². The summed E-state index contributed by atoms with van der Waals surface area (Å²) in [4.78, 5) is 9.44. The Morgan fingerprint density at radius 2 is 0.511 bits per heavy atom. The average Bonchev–Trinajstić information content (AvgIpc) is 0.850. The van der Waals surface area contributed by atoms with E-state index in [9.17, 15) is 10.2 Å². The molecule has 90 heavy (non-hydrogen) atoms. The van der Waals surface area contributed by atoms with E-state index in [0.29, 0.717) is 34.5 Å². The van der Waals surface area contributed by atoms with Crippen molar-refractivity contribution in [3.05, 3.63) is 243 Å². The first-order valence-electron chi connectivity index (χ1n) is 30.0. The zero-order valence-corrected chi connectivity index (χ0v) is 52.0. The fraction of sp³-hybridized carbons (Fsp3) is 0.103. The summed E-state index contributed by atoms with van der Waals surface area (Å²) < 4.78 is 40.9. The van der Waals surface area contributed by atoms with Crippen molar-refractivity contribution in [2.24, 2.45) is 0 Å². The third-order valence-corrected chi connectivity index (χ3v) is 21.4. The first-order chi connectivity index (χ1) is 44.6. The number of hydrogen-bond donors (Lipinski definition) is 2. The van der Waals surface area contributed by atoms with Crippen LogP contribution in [0.4, 0.5) is 0 Å². The molecule has 0 atom stereocenters. The van der Waals surface area contributed by atoms with E-state index >= 15 is 0 Å². The molecule has 8 nitrogen and oxygen atoms in total. The zero-order valence-electron chi connectivity index (χ0n) is 48.7. The molecular weight excluding hydrogens is 1190 g/mol. The van der Waals surface area contributed by atoms with Gasteiger partial charge < -0.3 is 38.6 Å². The fourth-order valence-corrected chi connectivity index (χ4v) is 17.0. The molecule has 13 aromatic carbocycles. The second-order valence-corrected chi connectivity index (χ2v) is 25.9. The van der Waals surface area contributed by atoms with E-state index < -0.39 is 0 Å². The zero-order chi connectivity index (χ0) is 60.3. The molecule has 442 valence electrons. The normalized spacial score (nSPS) is 12.3. The number of benzene rings is 13. The van der Waals surface area contributed by atoms with Crippen LogP contribution in [0.15, 0.2) is 282 Å². The highest BCUT2D eigenvalue weighted by Crippen LogP contribution is 2.57. The average molecular weight is 1250 g/mol. The van der Waals surface area contributed by atoms with Crippen LogP contribution in [0.5, 0.6) is 34.5 Å². The van der Waals surface area contributed by atoms with Crippen LogP contribution in [0.2, 0.25) is 0 Å². The lowest BCUT2D eigenvalue weighted by Crippen LogP contribution is -2.12. The smallest absolute Gasteiger partial charge is 0.128 e. The Labute approximate surface area is 538 Å². The van der Waals surface area contributed by atoms with E-state index in [1.807, 2.05) is 60.7 Å². The predicted molar refractivity (Wildman–Crippen MR) is 368 cm³/mol. The van der Waals surface area contributed by atoms with Gasteiger partial charge in [0.1, 0.15) is 74.1 Å². The van der Waals surface area contributed by atoms with Crippen molar-refractivity contribution in [2.75, 3.05) is 52.9 Å². The molecule has 0 saturated heterocycles. The molecule has 0 amide bonds. The number of aliphatic hydroxyl groups is 2. The monoisotopic (exact) mass is 1250 g/mol. The summed E-state index contributed by atoms with van der Waals surface area (Å²) in [5.74, 6) is 4.07. The van der Waals surface area contributed by atoms with Gasteiger partial charge in [-0.2, -0.15) is 0 Å². The molecule has 13 aromatic rings. The highest BCUT2D eigenvalue weighted by atomic mass is 32.2. The van der Waals surface area contributed by atoms with Crippen LogP contribution >= 0.6 is 47.0 Å². The Morgan fingerprint density at radius 1 is 0.233 bits per heavy atom. The lowest BCUT2D eigenvalue weighted by molar-refractivity contribution is 0.202. The van der Waals surface area contributed by atoms with Crippen LogP contribution in [0.3, 0.4) is 0 Å². The van der Waals surface area contributed by atoms with Gasteiger partial charge in [0.15, 0.2) is 0 Å². The van der Waals surface area contributed by atoms with Crippen LogP contribution in [0, 0.1) is 0 Å². The second kappa shape index (κ2) is 25.9. The molecule has 2 N–H and O–H groups in total. The fourth-order valence-electron chi connectivity index (χ4n) is 12.2. The van der Waals surface area contributed by atoms with E-state index in [-0.39, 0.29) is 52.9 Å². The molecule has 12 heteroatoms. The molecule has 0 unspecified atom stereocenters. The van der Waals surface area contributed by atoms with Gasteiger partial charge in [0.25, 0.3) is 0 Å². The van der Waals surface area contributed by atoms with Gasteiger partial charge in [0, 0.05) is 83.7 Å². The molecule has 2 aliphatic rings. The Bertz CT molecular complexity index is 4570. The summed E-state index contributed by atoms with van der Waals surface area (Å²) in [5, 5.41) is 28.2. The predicted octanol–water partition coefficient (Wildman–Crippen LogP) is 19.9. The van der Waals surface area contributed by atoms with Crippen LogP contribution in [0.1, 0.15) is 0 Å². The second-order valence-electron chi connectivity index (χ2n) is 21.6. The van der Waals surface area contributed by atoms with Crippen LogP contribution in [-0.2, 0) is 0 Å². The third kappa shape index (κ3) is 11.2. The van der Waals surface area contributed by atoms with Gasteiger partial charge in [0.05, 0.1) is 13.2 Å². The Morgan fingerprint density at radius 3 is 0.844 bits per heavy atom. The van der Waals surface area contributed by atoms with Crippen molar-refractivity contribution in [3.8, 4) is 79.0 Å². The summed E-state index contributed by atoms with van der Waals surface area (Å²) in [6.45, 7) is 0.906. The lowest BCUT2D eigenvalue weighted by atomic mass is 9.92.